The quantitative estimate of drug-likeness (QED) is 0.842. The summed E-state index contributed by atoms with van der Waals surface area (Å²) in [5.74, 6) is -0.0738. The van der Waals surface area contributed by atoms with Crippen LogP contribution in [-0.2, 0) is 9.53 Å². The van der Waals surface area contributed by atoms with E-state index in [1.54, 1.807) is 7.11 Å². The van der Waals surface area contributed by atoms with Crippen molar-refractivity contribution in [2.45, 2.75) is 38.6 Å². The molecule has 100 valence electrons. The minimum Gasteiger partial charge on any atom is -0.385 e. The largest absolute Gasteiger partial charge is 0.385 e. The predicted octanol–water partition coefficient (Wildman–Crippen LogP) is 2.72. The summed E-state index contributed by atoms with van der Waals surface area (Å²) in [6.07, 6.45) is 0.802. The first kappa shape index (κ1) is 14.7. The lowest BCUT2D eigenvalue weighted by Gasteiger charge is -2.27. The van der Waals surface area contributed by atoms with Crippen LogP contribution in [0.3, 0.4) is 0 Å². The van der Waals surface area contributed by atoms with Crippen LogP contribution in [0.1, 0.15) is 38.7 Å². The van der Waals surface area contributed by atoms with E-state index in [0.717, 1.165) is 12.0 Å². The van der Waals surface area contributed by atoms with Crippen molar-refractivity contribution < 1.29 is 9.53 Å². The molecule has 0 aliphatic rings. The van der Waals surface area contributed by atoms with Crippen molar-refractivity contribution in [1.82, 2.24) is 5.32 Å². The van der Waals surface area contributed by atoms with Gasteiger partial charge in [0.1, 0.15) is 0 Å². The van der Waals surface area contributed by atoms with Crippen molar-refractivity contribution in [1.29, 1.82) is 0 Å². The van der Waals surface area contributed by atoms with Gasteiger partial charge in [-0.3, -0.25) is 4.79 Å². The van der Waals surface area contributed by atoms with Crippen LogP contribution in [0, 0.1) is 0 Å². The second-order valence-electron chi connectivity index (χ2n) is 5.25. The highest BCUT2D eigenvalue weighted by Gasteiger charge is 2.23. The Kier molecular flexibility index (Phi) is 5.35. The van der Waals surface area contributed by atoms with E-state index in [1.807, 2.05) is 51.1 Å². The molecule has 1 atom stereocenters. The molecule has 0 bridgehead atoms. The molecule has 3 heteroatoms. The van der Waals surface area contributed by atoms with Gasteiger partial charge in [-0.2, -0.15) is 0 Å². The summed E-state index contributed by atoms with van der Waals surface area (Å²) in [6.45, 7) is 6.60. The monoisotopic (exact) mass is 249 g/mol. The molecule has 18 heavy (non-hydrogen) atoms. The molecular weight excluding hydrogens is 226 g/mol. The van der Waals surface area contributed by atoms with E-state index in [1.165, 1.54) is 0 Å². The molecule has 0 aliphatic heterocycles. The van der Waals surface area contributed by atoms with Crippen LogP contribution in [0.4, 0.5) is 0 Å². The molecule has 3 nitrogen and oxygen atoms in total. The molecule has 1 aromatic rings. The molecule has 0 saturated heterocycles. The Balaban J connectivity index is 2.60. The summed E-state index contributed by atoms with van der Waals surface area (Å²) >= 11 is 0. The summed E-state index contributed by atoms with van der Waals surface area (Å²) < 4.78 is 5.05. The fourth-order valence-corrected chi connectivity index (χ4v) is 1.75. The first-order valence-electron chi connectivity index (χ1n) is 6.32. The van der Waals surface area contributed by atoms with Gasteiger partial charge >= 0.3 is 0 Å². The highest BCUT2D eigenvalue weighted by Crippen LogP contribution is 2.17. The zero-order chi connectivity index (χ0) is 13.6. The van der Waals surface area contributed by atoms with Crippen molar-refractivity contribution in [3.8, 4) is 0 Å². The Morgan fingerprint density at radius 3 is 2.50 bits per heavy atom. The summed E-state index contributed by atoms with van der Waals surface area (Å²) in [6, 6.07) is 9.82. The topological polar surface area (TPSA) is 38.3 Å². The fourth-order valence-electron chi connectivity index (χ4n) is 1.75. The molecule has 0 fully saturated rings. The zero-order valence-corrected chi connectivity index (χ0v) is 11.7. The SMILES string of the molecule is COCCC(C)(C)NC(=O)[C@@H](C)c1ccccc1. The average molecular weight is 249 g/mol. The summed E-state index contributed by atoms with van der Waals surface area (Å²) in [5.41, 5.74) is 0.799. The summed E-state index contributed by atoms with van der Waals surface area (Å²) in [4.78, 5) is 12.2. The predicted molar refractivity (Wildman–Crippen MR) is 73.6 cm³/mol. The number of rotatable bonds is 6. The lowest BCUT2D eigenvalue weighted by atomic mass is 9.96. The maximum absolute atomic E-state index is 12.2. The second-order valence-corrected chi connectivity index (χ2v) is 5.25. The molecule has 1 rings (SSSR count). The fraction of sp³-hybridized carbons (Fsp3) is 0.533. The number of carbonyl (C=O) groups excluding carboxylic acids is 1. The molecule has 0 radical (unpaired) electrons. The number of methoxy groups -OCH3 is 1. The van der Waals surface area contributed by atoms with Gasteiger partial charge in [0, 0.05) is 19.3 Å². The number of hydrogen-bond acceptors (Lipinski definition) is 2. The third-order valence-corrected chi connectivity index (χ3v) is 3.09. The van der Waals surface area contributed by atoms with E-state index in [2.05, 4.69) is 5.32 Å². The normalized spacial score (nSPS) is 13.1. The first-order valence-corrected chi connectivity index (χ1v) is 6.32. The van der Waals surface area contributed by atoms with Crippen LogP contribution < -0.4 is 5.32 Å². The molecule has 0 aliphatic carbocycles. The van der Waals surface area contributed by atoms with Crippen LogP contribution in [0.2, 0.25) is 0 Å². The van der Waals surface area contributed by atoms with Crippen LogP contribution in [-0.4, -0.2) is 25.2 Å². The van der Waals surface area contributed by atoms with Gasteiger partial charge < -0.3 is 10.1 Å². The number of carbonyl (C=O) groups is 1. The Bertz CT molecular complexity index is 373. The van der Waals surface area contributed by atoms with Gasteiger partial charge in [-0.1, -0.05) is 30.3 Å². The van der Waals surface area contributed by atoms with Crippen molar-refractivity contribution >= 4 is 5.91 Å². The van der Waals surface area contributed by atoms with Gasteiger partial charge in [0.05, 0.1) is 5.92 Å². The Morgan fingerprint density at radius 1 is 1.33 bits per heavy atom. The van der Waals surface area contributed by atoms with Crippen LogP contribution in [0.5, 0.6) is 0 Å². The minimum atomic E-state index is -0.240. The number of benzene rings is 1. The van der Waals surface area contributed by atoms with Crippen LogP contribution in [0.25, 0.3) is 0 Å². The molecule has 0 heterocycles. The first-order chi connectivity index (χ1) is 8.46. The van der Waals surface area contributed by atoms with E-state index < -0.39 is 0 Å². The van der Waals surface area contributed by atoms with Gasteiger partial charge in [0.2, 0.25) is 5.91 Å². The van der Waals surface area contributed by atoms with Crippen molar-refractivity contribution in [2.24, 2.45) is 0 Å². The number of ether oxygens (including phenoxy) is 1. The van der Waals surface area contributed by atoms with Gasteiger partial charge in [0.15, 0.2) is 0 Å². The van der Waals surface area contributed by atoms with Gasteiger partial charge in [-0.25, -0.2) is 0 Å². The molecule has 0 spiro atoms. The molecule has 1 amide bonds. The van der Waals surface area contributed by atoms with Gasteiger partial charge in [0.25, 0.3) is 0 Å². The van der Waals surface area contributed by atoms with Crippen molar-refractivity contribution in [3.05, 3.63) is 35.9 Å². The maximum Gasteiger partial charge on any atom is 0.227 e. The smallest absolute Gasteiger partial charge is 0.227 e. The zero-order valence-electron chi connectivity index (χ0n) is 11.7. The van der Waals surface area contributed by atoms with E-state index in [0.29, 0.717) is 6.61 Å². The van der Waals surface area contributed by atoms with Gasteiger partial charge in [-0.05, 0) is 32.8 Å². The van der Waals surface area contributed by atoms with Crippen molar-refractivity contribution in [3.63, 3.8) is 0 Å². The maximum atomic E-state index is 12.2. The Labute approximate surface area is 110 Å². The Morgan fingerprint density at radius 2 is 1.94 bits per heavy atom. The number of hydrogen-bond donors (Lipinski definition) is 1. The third kappa shape index (κ3) is 4.49. The molecule has 0 unspecified atom stereocenters. The van der Waals surface area contributed by atoms with Gasteiger partial charge in [-0.15, -0.1) is 0 Å². The molecule has 0 saturated carbocycles. The molecule has 1 aromatic carbocycles. The number of nitrogens with one attached hydrogen (secondary N) is 1. The minimum absolute atomic E-state index is 0.0577. The van der Waals surface area contributed by atoms with Crippen molar-refractivity contribution in [2.75, 3.05) is 13.7 Å². The van der Waals surface area contributed by atoms with E-state index in [-0.39, 0.29) is 17.4 Å². The molecule has 0 aromatic heterocycles. The average Bonchev–Trinajstić information content (AvgIpc) is 2.36. The van der Waals surface area contributed by atoms with E-state index >= 15 is 0 Å². The van der Waals surface area contributed by atoms with E-state index in [4.69, 9.17) is 4.74 Å². The lowest BCUT2D eigenvalue weighted by molar-refractivity contribution is -0.124. The molecular formula is C15H23NO2. The van der Waals surface area contributed by atoms with Crippen LogP contribution >= 0.6 is 0 Å². The highest BCUT2D eigenvalue weighted by atomic mass is 16.5. The summed E-state index contributed by atoms with van der Waals surface area (Å²) in [7, 11) is 1.67. The highest BCUT2D eigenvalue weighted by molar-refractivity contribution is 5.83. The summed E-state index contributed by atoms with van der Waals surface area (Å²) in [5, 5.41) is 3.07. The van der Waals surface area contributed by atoms with Crippen LogP contribution in [0.15, 0.2) is 30.3 Å². The third-order valence-electron chi connectivity index (χ3n) is 3.09. The Hall–Kier alpha value is -1.35. The lowest BCUT2D eigenvalue weighted by Crippen LogP contribution is -2.45. The molecule has 1 N–H and O–H groups in total. The standard InChI is InChI=1S/C15H23NO2/c1-12(13-8-6-5-7-9-13)14(17)16-15(2,3)10-11-18-4/h5-9,12H,10-11H2,1-4H3,(H,16,17)/t12-/m0/s1. The number of amides is 1. The second kappa shape index (κ2) is 6.55. The van der Waals surface area contributed by atoms with E-state index in [9.17, 15) is 4.79 Å².